The minimum Gasteiger partial charge on any atom is -0.319 e. The molecule has 10 heteroatoms. The smallest absolute Gasteiger partial charge is 0.319 e. The molecule has 3 aromatic rings. The van der Waals surface area contributed by atoms with E-state index in [2.05, 4.69) is 30.6 Å². The third kappa shape index (κ3) is 3.09. The number of fused-ring (bicyclic) bond motifs is 1. The van der Waals surface area contributed by atoms with Crippen LogP contribution >= 0.6 is 0 Å². The number of aromatic nitrogens is 5. The van der Waals surface area contributed by atoms with Crippen LogP contribution in [-0.2, 0) is 6.42 Å². The van der Waals surface area contributed by atoms with E-state index in [1.165, 1.54) is 18.6 Å². The Labute approximate surface area is 152 Å². The molecule has 0 aromatic carbocycles. The lowest BCUT2D eigenvalue weighted by atomic mass is 10.1. The molecule has 8 nitrogen and oxygen atoms in total. The Kier molecular flexibility index (Phi) is 4.02. The van der Waals surface area contributed by atoms with E-state index in [0.717, 1.165) is 16.8 Å². The Hall–Kier alpha value is -3.43. The van der Waals surface area contributed by atoms with Crippen molar-refractivity contribution in [2.75, 3.05) is 5.32 Å². The molecule has 1 amide bonds. The van der Waals surface area contributed by atoms with Crippen molar-refractivity contribution in [3.05, 3.63) is 52.7 Å². The molecule has 0 saturated carbocycles. The molecule has 0 aliphatic carbocycles. The van der Waals surface area contributed by atoms with E-state index < -0.39 is 6.55 Å². The van der Waals surface area contributed by atoms with Crippen LogP contribution in [0.5, 0.6) is 0 Å². The van der Waals surface area contributed by atoms with Gasteiger partial charge in [0.05, 0.1) is 23.8 Å². The Morgan fingerprint density at radius 3 is 2.81 bits per heavy atom. The highest BCUT2D eigenvalue weighted by molar-refractivity contribution is 6.07. The average Bonchev–Trinajstić information content (AvgIpc) is 3.34. The second-order valence-electron chi connectivity index (χ2n) is 6.21. The van der Waals surface area contributed by atoms with Gasteiger partial charge >= 0.3 is 6.55 Å². The van der Waals surface area contributed by atoms with Crippen molar-refractivity contribution in [2.45, 2.75) is 26.8 Å². The SMILES string of the molecule is Cc1[nH]nc(C(=O)Nc2cnc3c(c2)CC(c2cnn(C(F)F)c2)=N3)c1C. The quantitative estimate of drug-likeness (QED) is 0.736. The van der Waals surface area contributed by atoms with Gasteiger partial charge in [0, 0.05) is 35.0 Å². The zero-order chi connectivity index (χ0) is 19.1. The van der Waals surface area contributed by atoms with Gasteiger partial charge in [0.15, 0.2) is 11.5 Å². The Morgan fingerprint density at radius 1 is 1.33 bits per heavy atom. The number of alkyl halides is 2. The summed E-state index contributed by atoms with van der Waals surface area (Å²) in [6, 6.07) is 1.77. The molecule has 27 heavy (non-hydrogen) atoms. The molecule has 138 valence electrons. The molecule has 0 fully saturated rings. The van der Waals surface area contributed by atoms with Crippen LogP contribution in [0.15, 0.2) is 29.6 Å². The van der Waals surface area contributed by atoms with Crippen molar-refractivity contribution < 1.29 is 13.6 Å². The first kappa shape index (κ1) is 17.0. The van der Waals surface area contributed by atoms with Gasteiger partial charge in [-0.25, -0.2) is 14.7 Å². The summed E-state index contributed by atoms with van der Waals surface area (Å²) >= 11 is 0. The van der Waals surface area contributed by atoms with Crippen LogP contribution in [-0.4, -0.2) is 36.6 Å². The molecule has 3 aromatic heterocycles. The first-order valence-corrected chi connectivity index (χ1v) is 8.14. The molecule has 0 atom stereocenters. The van der Waals surface area contributed by atoms with Gasteiger partial charge < -0.3 is 5.32 Å². The lowest BCUT2D eigenvalue weighted by Gasteiger charge is -2.05. The molecule has 4 rings (SSSR count). The molecule has 0 bridgehead atoms. The summed E-state index contributed by atoms with van der Waals surface area (Å²) in [4.78, 5) is 21.0. The second-order valence-corrected chi connectivity index (χ2v) is 6.21. The Bertz CT molecular complexity index is 1070. The number of aromatic amines is 1. The number of anilines is 1. The van der Waals surface area contributed by atoms with E-state index in [9.17, 15) is 13.6 Å². The maximum atomic E-state index is 12.7. The highest BCUT2D eigenvalue weighted by atomic mass is 19.3. The number of rotatable bonds is 4. The van der Waals surface area contributed by atoms with Gasteiger partial charge in [-0.1, -0.05) is 0 Å². The van der Waals surface area contributed by atoms with E-state index in [-0.39, 0.29) is 5.91 Å². The third-order valence-electron chi connectivity index (χ3n) is 4.40. The number of amides is 1. The number of carbonyl (C=O) groups excluding carboxylic acids is 1. The largest absolute Gasteiger partial charge is 0.333 e. The molecule has 0 radical (unpaired) electrons. The molecular formula is C17H15F2N7O. The van der Waals surface area contributed by atoms with Crippen LogP contribution in [0.4, 0.5) is 20.3 Å². The van der Waals surface area contributed by atoms with Crippen LogP contribution in [0.3, 0.4) is 0 Å². The zero-order valence-corrected chi connectivity index (χ0v) is 14.5. The van der Waals surface area contributed by atoms with Crippen LogP contribution in [0, 0.1) is 13.8 Å². The van der Waals surface area contributed by atoms with Gasteiger partial charge in [0.1, 0.15) is 0 Å². The number of carbonyl (C=O) groups is 1. The number of nitrogens with one attached hydrogen (secondary N) is 2. The minimum atomic E-state index is -2.70. The molecule has 1 aliphatic heterocycles. The van der Waals surface area contributed by atoms with Gasteiger partial charge in [-0.2, -0.15) is 19.0 Å². The highest BCUT2D eigenvalue weighted by Gasteiger charge is 2.21. The van der Waals surface area contributed by atoms with Crippen LogP contribution in [0.1, 0.15) is 39.4 Å². The molecule has 0 saturated heterocycles. The van der Waals surface area contributed by atoms with Crippen LogP contribution in [0.2, 0.25) is 0 Å². The minimum absolute atomic E-state index is 0.323. The van der Waals surface area contributed by atoms with E-state index in [0.29, 0.717) is 39.6 Å². The predicted octanol–water partition coefficient (Wildman–Crippen LogP) is 2.94. The summed E-state index contributed by atoms with van der Waals surface area (Å²) in [7, 11) is 0. The first-order valence-electron chi connectivity index (χ1n) is 8.14. The summed E-state index contributed by atoms with van der Waals surface area (Å²) in [5, 5.41) is 13.2. The van der Waals surface area contributed by atoms with Crippen LogP contribution < -0.4 is 5.32 Å². The second kappa shape index (κ2) is 6.38. The van der Waals surface area contributed by atoms with Crippen molar-refractivity contribution in [2.24, 2.45) is 4.99 Å². The fraction of sp³-hybridized carbons (Fsp3) is 0.235. The van der Waals surface area contributed by atoms with E-state index in [1.807, 2.05) is 13.8 Å². The lowest BCUT2D eigenvalue weighted by Crippen LogP contribution is -2.14. The van der Waals surface area contributed by atoms with Gasteiger partial charge in [0.25, 0.3) is 5.91 Å². The van der Waals surface area contributed by atoms with Gasteiger partial charge in [-0.05, 0) is 19.9 Å². The number of halogens is 2. The number of hydrogen-bond acceptors (Lipinski definition) is 5. The summed E-state index contributed by atoms with van der Waals surface area (Å²) in [6.07, 6.45) is 4.52. The monoisotopic (exact) mass is 371 g/mol. The predicted molar refractivity (Wildman–Crippen MR) is 93.6 cm³/mol. The standard InChI is InChI=1S/C17H15F2N7O/c1-8-9(2)24-25-14(8)16(27)22-12-3-10-4-13(23-15(10)20-6-12)11-5-21-26(7-11)17(18)19/h3,5-7,17H,4H2,1-2H3,(H,22,27)(H,24,25). The number of H-pyrrole nitrogens is 1. The number of aryl methyl sites for hydroxylation is 1. The molecule has 0 spiro atoms. The fourth-order valence-electron chi connectivity index (χ4n) is 2.81. The number of nitrogens with zero attached hydrogens (tertiary/aromatic N) is 5. The van der Waals surface area contributed by atoms with Crippen molar-refractivity contribution in [3.8, 4) is 0 Å². The fourth-order valence-corrected chi connectivity index (χ4v) is 2.81. The third-order valence-corrected chi connectivity index (χ3v) is 4.40. The van der Waals surface area contributed by atoms with Gasteiger partial charge in [-0.3, -0.25) is 9.89 Å². The van der Waals surface area contributed by atoms with Gasteiger partial charge in [0.2, 0.25) is 0 Å². The first-order chi connectivity index (χ1) is 12.9. The summed E-state index contributed by atoms with van der Waals surface area (Å²) in [6.45, 7) is 0.955. The normalized spacial score (nSPS) is 13.0. The lowest BCUT2D eigenvalue weighted by molar-refractivity contribution is 0.0566. The molecular weight excluding hydrogens is 356 g/mol. The summed E-state index contributed by atoms with van der Waals surface area (Å²) < 4.78 is 25.9. The van der Waals surface area contributed by atoms with Crippen LogP contribution in [0.25, 0.3) is 0 Å². The van der Waals surface area contributed by atoms with Crippen molar-refractivity contribution in [1.29, 1.82) is 0 Å². The highest BCUT2D eigenvalue weighted by Crippen LogP contribution is 2.29. The van der Waals surface area contributed by atoms with Gasteiger partial charge in [-0.15, -0.1) is 0 Å². The number of aliphatic imine (C=N–C) groups is 1. The van der Waals surface area contributed by atoms with E-state index in [1.54, 1.807) is 6.07 Å². The molecule has 2 N–H and O–H groups in total. The number of pyridine rings is 1. The van der Waals surface area contributed by atoms with Crippen molar-refractivity contribution >= 4 is 23.1 Å². The summed E-state index contributed by atoms with van der Waals surface area (Å²) in [5.41, 5.74) is 4.36. The molecule has 0 unspecified atom stereocenters. The molecule has 4 heterocycles. The Morgan fingerprint density at radius 2 is 2.15 bits per heavy atom. The number of hydrogen-bond donors (Lipinski definition) is 2. The van der Waals surface area contributed by atoms with Crippen molar-refractivity contribution in [3.63, 3.8) is 0 Å². The average molecular weight is 371 g/mol. The Balaban J connectivity index is 1.51. The van der Waals surface area contributed by atoms with Crippen molar-refractivity contribution in [1.82, 2.24) is 25.0 Å². The van der Waals surface area contributed by atoms with E-state index >= 15 is 0 Å². The molecule has 1 aliphatic rings. The van der Waals surface area contributed by atoms with E-state index in [4.69, 9.17) is 0 Å². The topological polar surface area (TPSA) is 101 Å². The summed E-state index contributed by atoms with van der Waals surface area (Å²) in [5.74, 6) is 0.163. The maximum absolute atomic E-state index is 12.7. The maximum Gasteiger partial charge on any atom is 0.333 e. The zero-order valence-electron chi connectivity index (χ0n) is 14.5.